The first-order valence-corrected chi connectivity index (χ1v) is 15.9. The van der Waals surface area contributed by atoms with Gasteiger partial charge in [0.15, 0.2) is 0 Å². The molecule has 2 aromatic carbocycles. The van der Waals surface area contributed by atoms with E-state index >= 15 is 0 Å². The number of rotatable bonds is 18. The number of aliphatic carboxylic acids is 2. The number of carboxylic acid groups (broad SMARTS) is 2. The molecular formula is C33H49F6N3O5. The highest BCUT2D eigenvalue weighted by Gasteiger charge is 2.38. The lowest BCUT2D eigenvalue weighted by Gasteiger charge is -2.26. The zero-order valence-electron chi connectivity index (χ0n) is 26.9. The van der Waals surface area contributed by atoms with Crippen molar-refractivity contribution in [2.24, 2.45) is 11.5 Å². The summed E-state index contributed by atoms with van der Waals surface area (Å²) in [6.45, 7) is 4.33. The Morgan fingerprint density at radius 3 is 1.68 bits per heavy atom. The van der Waals surface area contributed by atoms with Crippen molar-refractivity contribution in [2.75, 3.05) is 13.1 Å². The summed E-state index contributed by atoms with van der Waals surface area (Å²) in [6, 6.07) is 14.3. The molecule has 1 atom stereocenters. The van der Waals surface area contributed by atoms with Gasteiger partial charge in [0.25, 0.3) is 0 Å². The highest BCUT2D eigenvalue weighted by atomic mass is 19.4. The number of hydrogen-bond acceptors (Lipinski definition) is 5. The fourth-order valence-corrected chi connectivity index (χ4v) is 4.56. The van der Waals surface area contributed by atoms with Crippen LogP contribution in [-0.2, 0) is 20.9 Å². The molecule has 47 heavy (non-hydrogen) atoms. The third-order valence-electron chi connectivity index (χ3n) is 7.11. The number of carbonyl (C=O) groups is 3. The number of carboxylic acids is 2. The third kappa shape index (κ3) is 20.5. The Morgan fingerprint density at radius 2 is 1.19 bits per heavy atom. The van der Waals surface area contributed by atoms with Gasteiger partial charge in [-0.3, -0.25) is 4.79 Å². The first-order valence-electron chi connectivity index (χ1n) is 15.9. The van der Waals surface area contributed by atoms with Crippen molar-refractivity contribution in [3.05, 3.63) is 48.0 Å². The predicted octanol–water partition coefficient (Wildman–Crippen LogP) is 7.81. The molecule has 2 rings (SSSR count). The second kappa shape index (κ2) is 23.9. The van der Waals surface area contributed by atoms with Crippen LogP contribution in [0.3, 0.4) is 0 Å². The van der Waals surface area contributed by atoms with Gasteiger partial charge in [0.1, 0.15) is 0 Å². The fourth-order valence-electron chi connectivity index (χ4n) is 4.56. The lowest BCUT2D eigenvalue weighted by atomic mass is 10.0. The average molecular weight is 682 g/mol. The van der Waals surface area contributed by atoms with Crippen LogP contribution in [0.2, 0.25) is 0 Å². The van der Waals surface area contributed by atoms with Gasteiger partial charge in [-0.15, -0.1) is 0 Å². The van der Waals surface area contributed by atoms with Crippen molar-refractivity contribution in [3.63, 3.8) is 0 Å². The lowest BCUT2D eigenvalue weighted by Crippen LogP contribution is -2.43. The summed E-state index contributed by atoms with van der Waals surface area (Å²) in [4.78, 5) is 33.0. The summed E-state index contributed by atoms with van der Waals surface area (Å²) in [5.41, 5.74) is 13.1. The third-order valence-corrected chi connectivity index (χ3v) is 7.11. The molecule has 0 fully saturated rings. The van der Waals surface area contributed by atoms with Crippen LogP contribution in [0.4, 0.5) is 26.3 Å². The first-order chi connectivity index (χ1) is 22.1. The lowest BCUT2D eigenvalue weighted by molar-refractivity contribution is -0.193. The van der Waals surface area contributed by atoms with E-state index in [1.165, 1.54) is 74.1 Å². The first kappa shape index (κ1) is 43.6. The van der Waals surface area contributed by atoms with Gasteiger partial charge in [0, 0.05) is 13.1 Å². The van der Waals surface area contributed by atoms with Crippen LogP contribution in [-0.4, -0.2) is 64.4 Å². The van der Waals surface area contributed by atoms with Gasteiger partial charge in [-0.25, -0.2) is 9.59 Å². The van der Waals surface area contributed by atoms with Crippen molar-refractivity contribution in [3.8, 4) is 0 Å². The monoisotopic (exact) mass is 681 g/mol. The molecule has 0 bridgehead atoms. The van der Waals surface area contributed by atoms with E-state index in [1.807, 2.05) is 4.90 Å². The standard InChI is InChI=1S/C29H47N3O.2C2HF3O2/c1-2-3-4-5-6-7-8-9-10-15-23-32(29(33)28(31)21-13-14-22-30)24-26-19-16-18-25-17-11-12-20-27(25)26;2*3-2(4,5)1(6)7/h11-12,16-20,28H,2-10,13-15,21-24,30-31H2,1H3;2*(H,6,7)/t28-;;/m0../s1. The van der Waals surface area contributed by atoms with E-state index in [0.29, 0.717) is 19.5 Å². The zero-order chi connectivity index (χ0) is 35.9. The minimum Gasteiger partial charge on any atom is -0.475 e. The number of alkyl halides is 6. The molecular weight excluding hydrogens is 632 g/mol. The SMILES string of the molecule is CCCCCCCCCCCCN(Cc1cccc2ccccc12)C(=O)[C@@H](N)CCCCN.O=C(O)C(F)(F)F.O=C(O)C(F)(F)F. The van der Waals surface area contributed by atoms with Crippen LogP contribution in [0, 0.1) is 0 Å². The topological polar surface area (TPSA) is 147 Å². The molecule has 8 nitrogen and oxygen atoms in total. The van der Waals surface area contributed by atoms with E-state index in [0.717, 1.165) is 25.8 Å². The van der Waals surface area contributed by atoms with Crippen LogP contribution in [0.25, 0.3) is 10.8 Å². The number of amides is 1. The number of unbranched alkanes of at least 4 members (excludes halogenated alkanes) is 10. The quantitative estimate of drug-likeness (QED) is 0.0927. The second-order valence-corrected chi connectivity index (χ2v) is 11.1. The van der Waals surface area contributed by atoms with Crippen molar-refractivity contribution in [1.82, 2.24) is 4.90 Å². The molecule has 6 N–H and O–H groups in total. The average Bonchev–Trinajstić information content (AvgIpc) is 3.01. The molecule has 0 aliphatic carbocycles. The number of nitrogens with two attached hydrogens (primary N) is 2. The molecule has 0 heterocycles. The minimum absolute atomic E-state index is 0.0795. The van der Waals surface area contributed by atoms with Crippen molar-refractivity contribution < 1.29 is 50.9 Å². The van der Waals surface area contributed by atoms with Gasteiger partial charge >= 0.3 is 24.3 Å². The Labute approximate surface area is 272 Å². The van der Waals surface area contributed by atoms with Crippen molar-refractivity contribution in [2.45, 2.75) is 115 Å². The summed E-state index contributed by atoms with van der Waals surface area (Å²) in [5.74, 6) is -5.43. The van der Waals surface area contributed by atoms with Gasteiger partial charge < -0.3 is 26.6 Å². The highest BCUT2D eigenvalue weighted by Crippen LogP contribution is 2.21. The van der Waals surface area contributed by atoms with Gasteiger partial charge in [-0.2, -0.15) is 26.3 Å². The Hall–Kier alpha value is -3.39. The molecule has 268 valence electrons. The van der Waals surface area contributed by atoms with E-state index in [9.17, 15) is 31.1 Å². The number of benzene rings is 2. The van der Waals surface area contributed by atoms with Crippen LogP contribution < -0.4 is 11.5 Å². The van der Waals surface area contributed by atoms with Crippen LogP contribution in [0.15, 0.2) is 42.5 Å². The summed E-state index contributed by atoms with van der Waals surface area (Å²) in [6.07, 6.45) is 5.30. The normalized spacial score (nSPS) is 11.9. The number of fused-ring (bicyclic) bond motifs is 1. The van der Waals surface area contributed by atoms with Gasteiger partial charge in [-0.1, -0.05) is 114 Å². The summed E-state index contributed by atoms with van der Waals surface area (Å²) in [7, 11) is 0. The van der Waals surface area contributed by atoms with E-state index in [-0.39, 0.29) is 5.91 Å². The van der Waals surface area contributed by atoms with E-state index in [1.54, 1.807) is 0 Å². The largest absolute Gasteiger partial charge is 0.490 e. The minimum atomic E-state index is -5.08. The zero-order valence-corrected chi connectivity index (χ0v) is 26.9. The molecule has 0 unspecified atom stereocenters. The second-order valence-electron chi connectivity index (χ2n) is 11.1. The molecule has 0 saturated carbocycles. The number of nitrogens with zero attached hydrogens (tertiary/aromatic N) is 1. The molecule has 1 amide bonds. The maximum atomic E-state index is 13.2. The van der Waals surface area contributed by atoms with Crippen molar-refractivity contribution in [1.29, 1.82) is 0 Å². The number of hydrogen-bond donors (Lipinski definition) is 4. The van der Waals surface area contributed by atoms with Crippen LogP contribution in [0.1, 0.15) is 96.0 Å². The molecule has 0 aliphatic rings. The van der Waals surface area contributed by atoms with Gasteiger partial charge in [0.2, 0.25) is 5.91 Å². The van der Waals surface area contributed by atoms with Gasteiger partial charge in [0.05, 0.1) is 6.04 Å². The Balaban J connectivity index is 0.00000126. The van der Waals surface area contributed by atoms with Crippen LogP contribution >= 0.6 is 0 Å². The smallest absolute Gasteiger partial charge is 0.475 e. The molecule has 0 saturated heterocycles. The fraction of sp³-hybridized carbons (Fsp3) is 0.606. The molecule has 0 aromatic heterocycles. The molecule has 2 aromatic rings. The maximum absolute atomic E-state index is 13.2. The van der Waals surface area contributed by atoms with Crippen LogP contribution in [0.5, 0.6) is 0 Å². The molecule has 0 aliphatic heterocycles. The maximum Gasteiger partial charge on any atom is 0.490 e. The number of halogens is 6. The number of carbonyl (C=O) groups excluding carboxylic acids is 1. The summed E-state index contributed by atoms with van der Waals surface area (Å²) in [5, 5.41) is 16.7. The predicted molar refractivity (Wildman–Crippen MR) is 169 cm³/mol. The van der Waals surface area contributed by atoms with E-state index in [2.05, 4.69) is 49.4 Å². The van der Waals surface area contributed by atoms with E-state index < -0.39 is 30.3 Å². The Bertz CT molecular complexity index is 1150. The molecule has 0 radical (unpaired) electrons. The molecule has 0 spiro atoms. The van der Waals surface area contributed by atoms with E-state index in [4.69, 9.17) is 31.3 Å². The molecule has 14 heteroatoms. The Morgan fingerprint density at radius 1 is 0.723 bits per heavy atom. The van der Waals surface area contributed by atoms with Crippen molar-refractivity contribution >= 4 is 28.6 Å². The van der Waals surface area contributed by atoms with Gasteiger partial charge in [-0.05, 0) is 42.1 Å². The summed E-state index contributed by atoms with van der Waals surface area (Å²) >= 11 is 0. The Kier molecular flexibility index (Phi) is 22.1. The summed E-state index contributed by atoms with van der Waals surface area (Å²) < 4.78 is 63.5. The highest BCUT2D eigenvalue weighted by molar-refractivity contribution is 5.87.